The quantitative estimate of drug-likeness (QED) is 0.530. The maximum Gasteiger partial charge on any atom is 0.126 e. The predicted molar refractivity (Wildman–Crippen MR) is 48.8 cm³/mol. The second kappa shape index (κ2) is 3.37. The van der Waals surface area contributed by atoms with Gasteiger partial charge in [0.05, 0.1) is 10.6 Å². The molecule has 0 aliphatic carbocycles. The van der Waals surface area contributed by atoms with Gasteiger partial charge in [-0.1, -0.05) is 11.6 Å². The normalized spacial score (nSPS) is 9.27. The maximum absolute atomic E-state index is 12.6. The Bertz CT molecular complexity index is 332. The number of hydrogen-bond acceptors (Lipinski definition) is 1. The van der Waals surface area contributed by atoms with Gasteiger partial charge < -0.3 is 0 Å². The Morgan fingerprint density at radius 1 is 1.55 bits per heavy atom. The van der Waals surface area contributed by atoms with Gasteiger partial charge in [-0.05, 0) is 34.7 Å². The van der Waals surface area contributed by atoms with Crippen molar-refractivity contribution in [2.75, 3.05) is 0 Å². The molecule has 0 saturated carbocycles. The van der Waals surface area contributed by atoms with Gasteiger partial charge >= 0.3 is 0 Å². The first-order valence-corrected chi connectivity index (χ1v) is 4.15. The molecule has 0 saturated heterocycles. The van der Waals surface area contributed by atoms with Gasteiger partial charge in [0.15, 0.2) is 0 Å². The highest BCUT2D eigenvalue weighted by Crippen LogP contribution is 2.22. The van der Waals surface area contributed by atoms with Crippen molar-refractivity contribution in [2.45, 2.75) is 0 Å². The lowest BCUT2D eigenvalue weighted by molar-refractivity contribution is 0.627. The standard InChI is InChI=1S/C7H2ClFIN/c8-6-2-5(9)1-4(3-11)7(6)10/h1-2H. The van der Waals surface area contributed by atoms with E-state index >= 15 is 0 Å². The monoisotopic (exact) mass is 281 g/mol. The van der Waals surface area contributed by atoms with E-state index in [1.165, 1.54) is 6.07 Å². The number of halogens is 3. The molecule has 0 radical (unpaired) electrons. The van der Waals surface area contributed by atoms with Gasteiger partial charge in [-0.2, -0.15) is 5.26 Å². The topological polar surface area (TPSA) is 23.8 Å². The molecule has 0 amide bonds. The molecule has 0 atom stereocenters. The average Bonchev–Trinajstić information content (AvgIpc) is 1.96. The van der Waals surface area contributed by atoms with Crippen molar-refractivity contribution in [1.82, 2.24) is 0 Å². The van der Waals surface area contributed by atoms with Crippen LogP contribution in [0.25, 0.3) is 0 Å². The van der Waals surface area contributed by atoms with E-state index in [-0.39, 0.29) is 10.6 Å². The van der Waals surface area contributed by atoms with Gasteiger partial charge in [-0.25, -0.2) is 4.39 Å². The van der Waals surface area contributed by atoms with Crippen LogP contribution in [0.2, 0.25) is 5.02 Å². The summed E-state index contributed by atoms with van der Waals surface area (Å²) in [6.07, 6.45) is 0. The molecule has 4 heteroatoms. The van der Waals surface area contributed by atoms with Crippen molar-refractivity contribution in [2.24, 2.45) is 0 Å². The predicted octanol–water partition coefficient (Wildman–Crippen LogP) is 2.96. The van der Waals surface area contributed by atoms with Crippen LogP contribution in [0.15, 0.2) is 12.1 Å². The van der Waals surface area contributed by atoms with E-state index in [0.717, 1.165) is 6.07 Å². The van der Waals surface area contributed by atoms with Crippen LogP contribution >= 0.6 is 34.2 Å². The smallest absolute Gasteiger partial charge is 0.126 e. The van der Waals surface area contributed by atoms with Crippen molar-refractivity contribution in [3.8, 4) is 6.07 Å². The fourth-order valence-electron chi connectivity index (χ4n) is 0.637. The van der Waals surface area contributed by atoms with Gasteiger partial charge in [0.1, 0.15) is 11.9 Å². The Balaban J connectivity index is 3.39. The zero-order valence-electron chi connectivity index (χ0n) is 5.24. The third-order valence-corrected chi connectivity index (χ3v) is 2.89. The van der Waals surface area contributed by atoms with E-state index in [2.05, 4.69) is 0 Å². The minimum atomic E-state index is -0.480. The van der Waals surface area contributed by atoms with Crippen molar-refractivity contribution in [1.29, 1.82) is 5.26 Å². The highest BCUT2D eigenvalue weighted by atomic mass is 127. The highest BCUT2D eigenvalue weighted by Gasteiger charge is 2.05. The lowest BCUT2D eigenvalue weighted by Crippen LogP contribution is -1.85. The molecule has 0 aliphatic heterocycles. The summed E-state index contributed by atoms with van der Waals surface area (Å²) in [5.74, 6) is -0.480. The molecular formula is C7H2ClFIN. The maximum atomic E-state index is 12.6. The molecule has 11 heavy (non-hydrogen) atoms. The van der Waals surface area contributed by atoms with Crippen LogP contribution in [0.5, 0.6) is 0 Å². The van der Waals surface area contributed by atoms with Gasteiger partial charge in [0.2, 0.25) is 0 Å². The molecule has 0 spiro atoms. The first-order chi connectivity index (χ1) is 5.15. The van der Waals surface area contributed by atoms with Crippen molar-refractivity contribution >= 4 is 34.2 Å². The van der Waals surface area contributed by atoms with Crippen molar-refractivity contribution < 1.29 is 4.39 Å². The second-order valence-electron chi connectivity index (χ2n) is 1.86. The molecule has 0 aliphatic rings. The summed E-state index contributed by atoms with van der Waals surface area (Å²) in [7, 11) is 0. The first-order valence-electron chi connectivity index (χ1n) is 2.70. The Morgan fingerprint density at radius 3 is 2.73 bits per heavy atom. The number of benzene rings is 1. The minimum Gasteiger partial charge on any atom is -0.207 e. The van der Waals surface area contributed by atoms with Crippen LogP contribution in [0.4, 0.5) is 4.39 Å². The third kappa shape index (κ3) is 1.82. The van der Waals surface area contributed by atoms with Crippen molar-refractivity contribution in [3.63, 3.8) is 0 Å². The lowest BCUT2D eigenvalue weighted by atomic mass is 10.2. The van der Waals surface area contributed by atoms with Gasteiger partial charge in [0, 0.05) is 3.57 Å². The van der Waals surface area contributed by atoms with Crippen LogP contribution in [-0.4, -0.2) is 0 Å². The molecule has 56 valence electrons. The fourth-order valence-corrected chi connectivity index (χ4v) is 1.28. The molecule has 0 N–H and O–H groups in total. The number of hydrogen-bond donors (Lipinski definition) is 0. The molecule has 1 rings (SSSR count). The Labute approximate surface area is 81.9 Å². The fraction of sp³-hybridized carbons (Fsp3) is 0. The van der Waals surface area contributed by atoms with Gasteiger partial charge in [-0.3, -0.25) is 0 Å². The molecule has 1 aromatic carbocycles. The molecule has 1 aromatic rings. The summed E-state index contributed by atoms with van der Waals surface area (Å²) >= 11 is 7.50. The highest BCUT2D eigenvalue weighted by molar-refractivity contribution is 14.1. The summed E-state index contributed by atoms with van der Waals surface area (Å²) < 4.78 is 13.1. The number of nitrogens with zero attached hydrogens (tertiary/aromatic N) is 1. The van der Waals surface area contributed by atoms with Gasteiger partial charge in [-0.15, -0.1) is 0 Å². The Hall–Kier alpha value is -0.340. The van der Waals surface area contributed by atoms with E-state index in [4.69, 9.17) is 16.9 Å². The summed E-state index contributed by atoms with van der Waals surface area (Å²) in [6.45, 7) is 0. The van der Waals surface area contributed by atoms with E-state index in [1.807, 2.05) is 28.7 Å². The van der Waals surface area contributed by atoms with E-state index in [0.29, 0.717) is 3.57 Å². The number of nitriles is 1. The molecule has 0 fully saturated rings. The summed E-state index contributed by atoms with van der Waals surface area (Å²) in [5.41, 5.74) is 0.274. The lowest BCUT2D eigenvalue weighted by Gasteiger charge is -1.97. The zero-order chi connectivity index (χ0) is 8.43. The molecule has 0 heterocycles. The van der Waals surface area contributed by atoms with Crippen LogP contribution in [0, 0.1) is 20.7 Å². The summed E-state index contributed by atoms with van der Waals surface area (Å²) in [4.78, 5) is 0. The van der Waals surface area contributed by atoms with Crippen LogP contribution in [-0.2, 0) is 0 Å². The summed E-state index contributed by atoms with van der Waals surface area (Å²) in [6, 6.07) is 4.19. The number of rotatable bonds is 0. The summed E-state index contributed by atoms with van der Waals surface area (Å²) in [5, 5.41) is 8.77. The van der Waals surface area contributed by atoms with Crippen LogP contribution < -0.4 is 0 Å². The molecule has 0 aromatic heterocycles. The van der Waals surface area contributed by atoms with E-state index < -0.39 is 5.82 Å². The van der Waals surface area contributed by atoms with Crippen LogP contribution in [0.1, 0.15) is 5.56 Å². The Kier molecular flexibility index (Phi) is 2.68. The third-order valence-electron chi connectivity index (χ3n) is 1.11. The Morgan fingerprint density at radius 2 is 2.18 bits per heavy atom. The zero-order valence-corrected chi connectivity index (χ0v) is 8.15. The SMILES string of the molecule is N#Cc1cc(F)cc(Cl)c1I. The van der Waals surface area contributed by atoms with Crippen molar-refractivity contribution in [3.05, 3.63) is 32.1 Å². The second-order valence-corrected chi connectivity index (χ2v) is 3.35. The average molecular weight is 281 g/mol. The largest absolute Gasteiger partial charge is 0.207 e. The van der Waals surface area contributed by atoms with Gasteiger partial charge in [0.25, 0.3) is 0 Å². The molecule has 0 unspecified atom stereocenters. The molecule has 1 nitrogen and oxygen atoms in total. The first kappa shape index (κ1) is 8.75. The van der Waals surface area contributed by atoms with E-state index in [1.54, 1.807) is 0 Å². The molecular weight excluding hydrogens is 279 g/mol. The minimum absolute atomic E-state index is 0.274. The van der Waals surface area contributed by atoms with Crippen LogP contribution in [0.3, 0.4) is 0 Å². The van der Waals surface area contributed by atoms with E-state index in [9.17, 15) is 4.39 Å². The molecule has 0 bridgehead atoms.